The lowest BCUT2D eigenvalue weighted by molar-refractivity contribution is 1.08. The normalized spacial score (nSPS) is 11.3. The quantitative estimate of drug-likeness (QED) is 0.563. The van der Waals surface area contributed by atoms with Gasteiger partial charge in [-0.2, -0.15) is 0 Å². The Morgan fingerprint density at radius 3 is 2.86 bits per heavy atom. The van der Waals surface area contributed by atoms with E-state index in [1.165, 1.54) is 10.8 Å². The molecule has 0 aliphatic heterocycles. The molecule has 0 saturated carbocycles. The molecule has 4 aromatic rings. The van der Waals surface area contributed by atoms with Gasteiger partial charge < -0.3 is 5.32 Å². The molecule has 0 atom stereocenters. The summed E-state index contributed by atoms with van der Waals surface area (Å²) in [7, 11) is 0. The Bertz CT molecular complexity index is 897. The number of hydrogen-bond acceptors (Lipinski definition) is 3. The van der Waals surface area contributed by atoms with Crippen LogP contribution in [0.5, 0.6) is 0 Å². The van der Waals surface area contributed by atoms with E-state index >= 15 is 0 Å². The average molecular weight is 358 g/mol. The summed E-state index contributed by atoms with van der Waals surface area (Å²) >= 11 is 5.26. The number of nitrogens with zero attached hydrogens (tertiary/aromatic N) is 2. The third kappa shape index (κ3) is 2.32. The van der Waals surface area contributed by atoms with Crippen LogP contribution in [-0.2, 0) is 6.54 Å². The molecule has 0 spiro atoms. The van der Waals surface area contributed by atoms with Crippen molar-refractivity contribution in [1.29, 1.82) is 0 Å². The van der Waals surface area contributed by atoms with Gasteiger partial charge >= 0.3 is 0 Å². The molecule has 0 aliphatic rings. The van der Waals surface area contributed by atoms with Gasteiger partial charge in [0, 0.05) is 33.3 Å². The molecule has 2 aromatic carbocycles. The number of thiazole rings is 1. The number of anilines is 1. The van der Waals surface area contributed by atoms with E-state index < -0.39 is 0 Å². The number of nitrogens with one attached hydrogen (secondary N) is 1. The van der Waals surface area contributed by atoms with Crippen LogP contribution in [0.1, 0.15) is 5.69 Å². The van der Waals surface area contributed by atoms with Crippen molar-refractivity contribution in [3.05, 3.63) is 64.3 Å². The zero-order chi connectivity index (χ0) is 14.2. The highest BCUT2D eigenvalue weighted by atomic mass is 79.9. The summed E-state index contributed by atoms with van der Waals surface area (Å²) in [6.07, 6.45) is 4.10. The molecule has 0 fully saturated rings. The van der Waals surface area contributed by atoms with Gasteiger partial charge in [-0.3, -0.25) is 4.40 Å². The molecule has 4 rings (SSSR count). The Balaban J connectivity index is 1.65. The third-order valence-electron chi connectivity index (χ3n) is 3.47. The van der Waals surface area contributed by atoms with E-state index in [1.807, 2.05) is 11.6 Å². The molecular weight excluding hydrogens is 346 g/mol. The predicted molar refractivity (Wildman–Crippen MR) is 92.0 cm³/mol. The molecular formula is C16H12BrN3S. The fourth-order valence-corrected chi connectivity index (χ4v) is 3.66. The van der Waals surface area contributed by atoms with Crippen molar-refractivity contribution in [3.8, 4) is 0 Å². The van der Waals surface area contributed by atoms with Crippen molar-refractivity contribution in [2.45, 2.75) is 6.54 Å². The number of hydrogen-bond donors (Lipinski definition) is 1. The number of fused-ring (bicyclic) bond motifs is 2. The van der Waals surface area contributed by atoms with Gasteiger partial charge in [0.15, 0.2) is 4.96 Å². The van der Waals surface area contributed by atoms with E-state index in [9.17, 15) is 0 Å². The van der Waals surface area contributed by atoms with Crippen LogP contribution >= 0.6 is 27.3 Å². The molecule has 104 valence electrons. The summed E-state index contributed by atoms with van der Waals surface area (Å²) in [6.45, 7) is 0.722. The molecule has 21 heavy (non-hydrogen) atoms. The monoisotopic (exact) mass is 357 g/mol. The van der Waals surface area contributed by atoms with Crippen molar-refractivity contribution < 1.29 is 0 Å². The van der Waals surface area contributed by atoms with E-state index in [2.05, 4.69) is 73.2 Å². The second-order valence-corrected chi connectivity index (χ2v) is 6.55. The lowest BCUT2D eigenvalue weighted by atomic mass is 10.1. The van der Waals surface area contributed by atoms with Gasteiger partial charge in [-0.1, -0.05) is 40.2 Å². The highest BCUT2D eigenvalue weighted by Gasteiger charge is 2.06. The average Bonchev–Trinajstić information content (AvgIpc) is 3.08. The van der Waals surface area contributed by atoms with Crippen LogP contribution in [0, 0.1) is 0 Å². The van der Waals surface area contributed by atoms with E-state index in [0.29, 0.717) is 0 Å². The summed E-state index contributed by atoms with van der Waals surface area (Å²) < 4.78 is 3.17. The zero-order valence-corrected chi connectivity index (χ0v) is 13.5. The smallest absolute Gasteiger partial charge is 0.193 e. The van der Waals surface area contributed by atoms with Gasteiger partial charge in [0.25, 0.3) is 0 Å². The third-order valence-corrected chi connectivity index (χ3v) is 4.94. The predicted octanol–water partition coefficient (Wildman–Crippen LogP) is 4.92. The van der Waals surface area contributed by atoms with Gasteiger partial charge in [-0.15, -0.1) is 11.3 Å². The highest BCUT2D eigenvalue weighted by Crippen LogP contribution is 2.30. The van der Waals surface area contributed by atoms with E-state index in [1.54, 1.807) is 11.3 Å². The molecule has 1 N–H and O–H groups in total. The number of rotatable bonds is 3. The number of aromatic nitrogens is 2. The summed E-state index contributed by atoms with van der Waals surface area (Å²) in [5.41, 5.74) is 2.18. The lowest BCUT2D eigenvalue weighted by Crippen LogP contribution is -2.00. The standard InChI is InChI=1S/C16H12BrN3S/c17-14-5-6-15(13-4-2-1-3-12(13)14)18-9-11-10-20-7-8-21-16(20)19-11/h1-8,10,18H,9H2. The second kappa shape index (κ2) is 5.16. The fraction of sp³-hybridized carbons (Fsp3) is 0.0625. The second-order valence-electron chi connectivity index (χ2n) is 4.82. The molecule has 2 aromatic heterocycles. The zero-order valence-electron chi connectivity index (χ0n) is 11.1. The van der Waals surface area contributed by atoms with Crippen LogP contribution < -0.4 is 5.32 Å². The molecule has 0 amide bonds. The molecule has 5 heteroatoms. The molecule has 0 bridgehead atoms. The van der Waals surface area contributed by atoms with E-state index in [-0.39, 0.29) is 0 Å². The van der Waals surface area contributed by atoms with Crippen molar-refractivity contribution >= 4 is 48.7 Å². The molecule has 3 nitrogen and oxygen atoms in total. The van der Waals surface area contributed by atoms with Crippen LogP contribution in [-0.4, -0.2) is 9.38 Å². The van der Waals surface area contributed by atoms with Crippen molar-refractivity contribution in [1.82, 2.24) is 9.38 Å². The van der Waals surface area contributed by atoms with Crippen LogP contribution in [0.4, 0.5) is 5.69 Å². The van der Waals surface area contributed by atoms with Crippen LogP contribution in [0.25, 0.3) is 15.7 Å². The largest absolute Gasteiger partial charge is 0.379 e. The minimum atomic E-state index is 0.722. The summed E-state index contributed by atoms with van der Waals surface area (Å²) in [5, 5.41) is 7.96. The Morgan fingerprint density at radius 1 is 1.14 bits per heavy atom. The maximum absolute atomic E-state index is 4.60. The number of benzene rings is 2. The van der Waals surface area contributed by atoms with Crippen molar-refractivity contribution in [3.63, 3.8) is 0 Å². The van der Waals surface area contributed by atoms with Gasteiger partial charge in [0.1, 0.15) is 0 Å². The van der Waals surface area contributed by atoms with Crippen LogP contribution in [0.3, 0.4) is 0 Å². The van der Waals surface area contributed by atoms with Gasteiger partial charge in [0.05, 0.1) is 12.2 Å². The fourth-order valence-electron chi connectivity index (χ4n) is 2.46. The maximum atomic E-state index is 4.60. The highest BCUT2D eigenvalue weighted by molar-refractivity contribution is 9.10. The van der Waals surface area contributed by atoms with Crippen molar-refractivity contribution in [2.24, 2.45) is 0 Å². The Kier molecular flexibility index (Phi) is 3.16. The Morgan fingerprint density at radius 2 is 2.00 bits per heavy atom. The van der Waals surface area contributed by atoms with Gasteiger partial charge in [0.2, 0.25) is 0 Å². The summed E-state index contributed by atoms with van der Waals surface area (Å²) in [4.78, 5) is 5.63. The lowest BCUT2D eigenvalue weighted by Gasteiger charge is -2.09. The van der Waals surface area contributed by atoms with Crippen LogP contribution in [0.2, 0.25) is 0 Å². The Hall–Kier alpha value is -1.85. The van der Waals surface area contributed by atoms with Gasteiger partial charge in [-0.25, -0.2) is 4.98 Å². The Labute approximate surface area is 134 Å². The SMILES string of the molecule is Brc1ccc(NCc2cn3ccsc3n2)c2ccccc12. The molecule has 0 radical (unpaired) electrons. The van der Waals surface area contributed by atoms with Crippen molar-refractivity contribution in [2.75, 3.05) is 5.32 Å². The summed E-state index contributed by atoms with van der Waals surface area (Å²) in [5.74, 6) is 0. The number of halogens is 1. The maximum Gasteiger partial charge on any atom is 0.193 e. The minimum Gasteiger partial charge on any atom is -0.379 e. The molecule has 0 unspecified atom stereocenters. The first kappa shape index (κ1) is 12.9. The van der Waals surface area contributed by atoms with E-state index in [4.69, 9.17) is 0 Å². The first-order chi connectivity index (χ1) is 10.3. The molecule has 0 aliphatic carbocycles. The minimum absolute atomic E-state index is 0.722. The summed E-state index contributed by atoms with van der Waals surface area (Å²) in [6, 6.07) is 12.6. The van der Waals surface area contributed by atoms with Crippen LogP contribution in [0.15, 0.2) is 58.6 Å². The van der Waals surface area contributed by atoms with Gasteiger partial charge in [-0.05, 0) is 17.5 Å². The van der Waals surface area contributed by atoms with E-state index in [0.717, 1.165) is 27.4 Å². The topological polar surface area (TPSA) is 29.3 Å². The first-order valence-corrected chi connectivity index (χ1v) is 8.31. The first-order valence-electron chi connectivity index (χ1n) is 6.63. The molecule has 0 saturated heterocycles. The molecule has 2 heterocycles. The number of imidazole rings is 1.